The van der Waals surface area contributed by atoms with Crippen LogP contribution in [0.5, 0.6) is 11.5 Å². The van der Waals surface area contributed by atoms with E-state index in [1.54, 1.807) is 59.3 Å². The number of nitrogens with zero attached hydrogens (tertiary/aromatic N) is 3. The number of nitrogens with one attached hydrogen (secondary N) is 3. The summed E-state index contributed by atoms with van der Waals surface area (Å²) in [5.74, 6) is -0.347. The van der Waals surface area contributed by atoms with Gasteiger partial charge in [0.25, 0.3) is 5.91 Å². The zero-order valence-electron chi connectivity index (χ0n) is 40.8. The number of nitriles is 1. The first-order valence-corrected chi connectivity index (χ1v) is 24.7. The molecule has 69 heavy (non-hydrogen) atoms. The maximum Gasteiger partial charge on any atom is 0.251 e. The number of rotatable bonds is 20. The van der Waals surface area contributed by atoms with E-state index in [4.69, 9.17) is 31.5 Å². The van der Waals surface area contributed by atoms with Gasteiger partial charge in [-0.2, -0.15) is 5.26 Å². The van der Waals surface area contributed by atoms with Crippen molar-refractivity contribution in [3.8, 4) is 28.0 Å². The van der Waals surface area contributed by atoms with Gasteiger partial charge in [-0.3, -0.25) is 19.2 Å². The molecule has 1 saturated carbocycles. The van der Waals surface area contributed by atoms with Crippen LogP contribution in [-0.2, 0) is 19.1 Å². The van der Waals surface area contributed by atoms with Gasteiger partial charge in [0.2, 0.25) is 17.7 Å². The molecule has 370 valence electrons. The van der Waals surface area contributed by atoms with Gasteiger partial charge < -0.3 is 45.9 Å². The number of unbranched alkanes of at least 4 members (excludes halogenated alkanes) is 2. The minimum atomic E-state index is -0.986. The fourth-order valence-electron chi connectivity index (χ4n) is 9.67. The van der Waals surface area contributed by atoms with Gasteiger partial charge in [-0.25, -0.2) is 4.98 Å². The summed E-state index contributed by atoms with van der Waals surface area (Å²) in [6, 6.07) is 19.2. The number of carbonyl (C=O) groups is 4. The number of benzene rings is 3. The van der Waals surface area contributed by atoms with Crippen LogP contribution in [-0.4, -0.2) is 102 Å². The summed E-state index contributed by atoms with van der Waals surface area (Å²) < 4.78 is 18.0. The maximum absolute atomic E-state index is 14.1. The van der Waals surface area contributed by atoms with Crippen molar-refractivity contribution in [3.63, 3.8) is 0 Å². The number of aliphatic hydroxyl groups is 1. The lowest BCUT2D eigenvalue weighted by molar-refractivity contribution is -0.164. The number of likely N-dealkylation sites (tertiary alicyclic amines) is 1. The molecule has 2 heterocycles. The lowest BCUT2D eigenvalue weighted by atomic mass is 9.49. The third-order valence-electron chi connectivity index (χ3n) is 13.1. The molecule has 0 spiro atoms. The number of hydrogen-bond donors (Lipinski definition) is 5. The smallest absolute Gasteiger partial charge is 0.251 e. The second-order valence-electron chi connectivity index (χ2n) is 20.2. The summed E-state index contributed by atoms with van der Waals surface area (Å²) in [6.45, 7) is 16.3. The van der Waals surface area contributed by atoms with E-state index in [2.05, 4.69) is 54.7 Å². The Bertz CT molecular complexity index is 2470. The molecule has 4 aromatic rings. The first-order chi connectivity index (χ1) is 32.6. The van der Waals surface area contributed by atoms with Crippen molar-refractivity contribution < 1.29 is 38.5 Å². The van der Waals surface area contributed by atoms with E-state index < -0.39 is 58.2 Å². The monoisotopic (exact) mass is 983 g/mol. The highest BCUT2D eigenvalue weighted by Crippen LogP contribution is 2.55. The maximum atomic E-state index is 14.1. The molecule has 2 aliphatic rings. The van der Waals surface area contributed by atoms with E-state index in [0.29, 0.717) is 47.3 Å². The summed E-state index contributed by atoms with van der Waals surface area (Å²) >= 11 is 7.79. The van der Waals surface area contributed by atoms with Gasteiger partial charge in [0.1, 0.15) is 42.4 Å². The van der Waals surface area contributed by atoms with E-state index in [0.717, 1.165) is 34.5 Å². The van der Waals surface area contributed by atoms with Crippen LogP contribution in [0, 0.1) is 34.5 Å². The Morgan fingerprint density at radius 1 is 0.971 bits per heavy atom. The first-order valence-electron chi connectivity index (χ1n) is 23.4. The van der Waals surface area contributed by atoms with Crippen LogP contribution in [0.2, 0.25) is 5.02 Å². The number of hydrogen-bond acceptors (Lipinski definition) is 12. The Morgan fingerprint density at radius 2 is 1.64 bits per heavy atom. The third-order valence-corrected chi connectivity index (χ3v) is 14.4. The van der Waals surface area contributed by atoms with Gasteiger partial charge >= 0.3 is 0 Å². The fourth-order valence-corrected chi connectivity index (χ4v) is 10.7. The van der Waals surface area contributed by atoms with Gasteiger partial charge in [0.15, 0.2) is 0 Å². The molecule has 3 aromatic carbocycles. The standard InChI is InChI=1S/C52H66ClN7O8S/c1-31-43(69-30-56-31)33-14-12-32(13-15-33)40(27-55)57-46(64)41-24-36(61)28-60(41)47(65)44(50(2,3)4)58-42(62)29-66-22-10-9-11-23-67-37-19-16-34(17-20-37)45(63)59-48-51(5,6)49(52(48,7)8)68-38-21-18-35(26-54)39(53)25-38/h12-21,25,30,36,40-41,44,48-49,61H,9-11,22-24,27-29,55H2,1-8H3,(H,57,64)(H,58,62)(H,59,63)/t36-,40-,41+,44-,48?,49?/m1/s1. The molecule has 4 amide bonds. The Hall–Kier alpha value is -5.57. The number of nitrogens with two attached hydrogens (primary N) is 1. The number of aryl methyl sites for hydroxylation is 1. The Kier molecular flexibility index (Phi) is 17.2. The molecule has 0 bridgehead atoms. The normalized spacial score (nSPS) is 20.2. The van der Waals surface area contributed by atoms with Crippen molar-refractivity contribution in [2.75, 3.05) is 32.9 Å². The quantitative estimate of drug-likeness (QED) is 0.0561. The largest absolute Gasteiger partial charge is 0.494 e. The molecule has 6 rings (SSSR count). The number of β-amino-alcohol motifs (C(OH)–C–C–N with tert-alkyl or cyclic N) is 1. The van der Waals surface area contributed by atoms with Crippen LogP contribution in [0.3, 0.4) is 0 Å². The highest BCUT2D eigenvalue weighted by atomic mass is 35.5. The van der Waals surface area contributed by atoms with Crippen molar-refractivity contribution in [2.45, 2.75) is 117 Å². The van der Waals surface area contributed by atoms with Gasteiger partial charge in [-0.15, -0.1) is 11.3 Å². The van der Waals surface area contributed by atoms with Gasteiger partial charge in [-0.1, -0.05) is 84.3 Å². The van der Waals surface area contributed by atoms with Gasteiger partial charge in [0.05, 0.1) is 45.4 Å². The van der Waals surface area contributed by atoms with Crippen LogP contribution in [0.25, 0.3) is 10.4 Å². The molecule has 1 aromatic heterocycles. The number of aliphatic hydroxyl groups excluding tert-OH is 1. The first kappa shape index (κ1) is 52.8. The molecule has 1 saturated heterocycles. The van der Waals surface area contributed by atoms with Crippen molar-refractivity contribution >= 4 is 46.6 Å². The second kappa shape index (κ2) is 22.5. The topological polar surface area (TPSA) is 218 Å². The van der Waals surface area contributed by atoms with Crippen LogP contribution >= 0.6 is 22.9 Å². The highest BCUT2D eigenvalue weighted by molar-refractivity contribution is 7.13. The number of aromatic nitrogens is 1. The zero-order chi connectivity index (χ0) is 50.3. The molecule has 0 radical (unpaired) electrons. The lowest BCUT2D eigenvalue weighted by Crippen LogP contribution is -2.74. The summed E-state index contributed by atoms with van der Waals surface area (Å²) in [5, 5.41) is 29.2. The second-order valence-corrected chi connectivity index (χ2v) is 21.5. The Balaban J connectivity index is 0.896. The van der Waals surface area contributed by atoms with E-state index in [1.165, 1.54) is 4.90 Å². The minimum absolute atomic E-state index is 0.0474. The fraction of sp³-hybridized carbons (Fsp3) is 0.500. The summed E-state index contributed by atoms with van der Waals surface area (Å²) in [7, 11) is 0. The van der Waals surface area contributed by atoms with Crippen molar-refractivity contribution in [3.05, 3.63) is 99.6 Å². The molecular weight excluding hydrogens is 918 g/mol. The average Bonchev–Trinajstić information content (AvgIpc) is 3.93. The average molecular weight is 985 g/mol. The number of ether oxygens (including phenoxy) is 3. The Morgan fingerprint density at radius 3 is 2.25 bits per heavy atom. The van der Waals surface area contributed by atoms with Gasteiger partial charge in [-0.05, 0) is 79.1 Å². The summed E-state index contributed by atoms with van der Waals surface area (Å²) in [4.78, 5) is 61.1. The van der Waals surface area contributed by atoms with E-state index >= 15 is 0 Å². The van der Waals surface area contributed by atoms with Crippen molar-refractivity contribution in [1.82, 2.24) is 25.8 Å². The molecule has 17 heteroatoms. The van der Waals surface area contributed by atoms with Crippen LogP contribution in [0.4, 0.5) is 0 Å². The predicted octanol–water partition coefficient (Wildman–Crippen LogP) is 7.13. The molecule has 1 aliphatic carbocycles. The number of halogens is 1. The van der Waals surface area contributed by atoms with Crippen molar-refractivity contribution in [1.29, 1.82) is 5.26 Å². The number of amides is 4. The summed E-state index contributed by atoms with van der Waals surface area (Å²) in [5.41, 5.74) is 10.1. The number of thiazole rings is 1. The van der Waals surface area contributed by atoms with Gasteiger partial charge in [0, 0.05) is 54.6 Å². The zero-order valence-corrected chi connectivity index (χ0v) is 42.3. The van der Waals surface area contributed by atoms with E-state index in [9.17, 15) is 29.5 Å². The molecule has 2 fully saturated rings. The van der Waals surface area contributed by atoms with Crippen LogP contribution < -0.4 is 31.2 Å². The minimum Gasteiger partial charge on any atom is -0.494 e. The molecule has 0 unspecified atom stereocenters. The molecule has 6 N–H and O–H groups in total. The molecule has 1 aliphatic heterocycles. The SMILES string of the molecule is Cc1ncsc1-c1ccc([C@@H](CN)NC(=O)[C@@H]2C[C@@H](O)CN2C(=O)[C@@H](NC(=O)COCCCCCOc2ccc(C(=O)NC3C(C)(C)C(Oc4ccc(C#N)c(Cl)c4)C3(C)C)cc2)C(C)(C)C)cc1. The van der Waals surface area contributed by atoms with Crippen LogP contribution in [0.1, 0.15) is 107 Å². The molecule has 15 nitrogen and oxygen atoms in total. The van der Waals surface area contributed by atoms with E-state index in [-0.39, 0.29) is 44.2 Å². The van der Waals surface area contributed by atoms with Crippen LogP contribution in [0.15, 0.2) is 72.2 Å². The Labute approximate surface area is 414 Å². The lowest BCUT2D eigenvalue weighted by Gasteiger charge is -2.63. The summed E-state index contributed by atoms with van der Waals surface area (Å²) in [6.07, 6.45) is 1.13. The molecular formula is C52H66ClN7O8S. The highest BCUT2D eigenvalue weighted by Gasteiger charge is 2.64. The van der Waals surface area contributed by atoms with Crippen molar-refractivity contribution in [2.24, 2.45) is 22.0 Å². The molecule has 4 atom stereocenters. The predicted molar refractivity (Wildman–Crippen MR) is 266 cm³/mol. The third kappa shape index (κ3) is 12.6. The van der Waals surface area contributed by atoms with E-state index in [1.807, 2.05) is 52.0 Å². The number of carbonyl (C=O) groups excluding carboxylic acids is 4.